The van der Waals surface area contributed by atoms with Crippen LogP contribution in [0.15, 0.2) is 24.3 Å². The van der Waals surface area contributed by atoms with Crippen molar-refractivity contribution in [1.82, 2.24) is 5.32 Å². The van der Waals surface area contributed by atoms with Crippen molar-refractivity contribution < 1.29 is 9.72 Å². The van der Waals surface area contributed by atoms with Crippen molar-refractivity contribution >= 4 is 11.6 Å². The number of rotatable bonds is 4. The molecule has 3 N–H and O–H groups in total. The highest BCUT2D eigenvalue weighted by atomic mass is 16.6. The van der Waals surface area contributed by atoms with Crippen LogP contribution in [0.5, 0.6) is 0 Å². The number of nitro groups is 1. The number of nitrogens with one attached hydrogen (secondary N) is 1. The predicted octanol–water partition coefficient (Wildman–Crippen LogP) is 0.353. The zero-order valence-electron chi connectivity index (χ0n) is 9.13. The van der Waals surface area contributed by atoms with Crippen LogP contribution >= 0.6 is 0 Å². The summed E-state index contributed by atoms with van der Waals surface area (Å²) in [4.78, 5) is 21.5. The number of amides is 1. The first-order chi connectivity index (χ1) is 8.06. The molecule has 1 aromatic carbocycles. The summed E-state index contributed by atoms with van der Waals surface area (Å²) in [6, 6.07) is 6.14. The van der Waals surface area contributed by atoms with Gasteiger partial charge in [-0.25, -0.2) is 0 Å². The van der Waals surface area contributed by atoms with Gasteiger partial charge in [-0.15, -0.1) is 0 Å². The molecule has 0 bridgehead atoms. The standard InChI is InChI=1S/C11H13N3O3/c12-9-6-10(9)13-11(15)5-7-1-3-8(4-2-7)14(16)17/h1-4,9-10H,5-6,12H2,(H,13,15). The number of nitro benzene ring substituents is 1. The predicted molar refractivity (Wildman–Crippen MR) is 61.3 cm³/mol. The van der Waals surface area contributed by atoms with E-state index in [1.165, 1.54) is 12.1 Å². The Kier molecular flexibility index (Phi) is 3.06. The van der Waals surface area contributed by atoms with Crippen molar-refractivity contribution in [2.75, 3.05) is 0 Å². The SMILES string of the molecule is NC1CC1NC(=O)Cc1ccc([N+](=O)[O-])cc1. The summed E-state index contributed by atoms with van der Waals surface area (Å²) in [5.41, 5.74) is 6.35. The Bertz CT molecular complexity index is 444. The van der Waals surface area contributed by atoms with E-state index in [4.69, 9.17) is 5.73 Å². The van der Waals surface area contributed by atoms with E-state index < -0.39 is 4.92 Å². The number of carbonyl (C=O) groups excluding carboxylic acids is 1. The van der Waals surface area contributed by atoms with Crippen LogP contribution < -0.4 is 11.1 Å². The van der Waals surface area contributed by atoms with E-state index in [0.29, 0.717) is 0 Å². The van der Waals surface area contributed by atoms with E-state index in [1.807, 2.05) is 0 Å². The Morgan fingerprint density at radius 3 is 2.53 bits per heavy atom. The van der Waals surface area contributed by atoms with E-state index in [9.17, 15) is 14.9 Å². The van der Waals surface area contributed by atoms with Gasteiger partial charge in [0.05, 0.1) is 11.3 Å². The van der Waals surface area contributed by atoms with Crippen molar-refractivity contribution in [3.8, 4) is 0 Å². The van der Waals surface area contributed by atoms with Gasteiger partial charge < -0.3 is 11.1 Å². The third-order valence-corrected chi connectivity index (χ3v) is 2.70. The minimum absolute atomic E-state index is 0.0263. The molecule has 2 unspecified atom stereocenters. The average molecular weight is 235 g/mol. The van der Waals surface area contributed by atoms with Crippen LogP contribution in [-0.2, 0) is 11.2 Å². The summed E-state index contributed by atoms with van der Waals surface area (Å²) in [6.45, 7) is 0. The van der Waals surface area contributed by atoms with Gasteiger partial charge in [0.1, 0.15) is 0 Å². The second-order valence-corrected chi connectivity index (χ2v) is 4.17. The number of nitrogens with two attached hydrogens (primary N) is 1. The second-order valence-electron chi connectivity index (χ2n) is 4.17. The molecule has 1 fully saturated rings. The lowest BCUT2D eigenvalue weighted by Crippen LogP contribution is -2.30. The van der Waals surface area contributed by atoms with Crippen LogP contribution in [0.3, 0.4) is 0 Å². The lowest BCUT2D eigenvalue weighted by atomic mass is 10.1. The molecule has 6 heteroatoms. The maximum absolute atomic E-state index is 11.5. The van der Waals surface area contributed by atoms with Crippen LogP contribution in [0.25, 0.3) is 0 Å². The number of hydrogen-bond donors (Lipinski definition) is 2. The molecule has 17 heavy (non-hydrogen) atoms. The number of carbonyl (C=O) groups is 1. The Balaban J connectivity index is 1.89. The number of hydrogen-bond acceptors (Lipinski definition) is 4. The van der Waals surface area contributed by atoms with Gasteiger partial charge in [0.15, 0.2) is 0 Å². The summed E-state index contributed by atoms with van der Waals surface area (Å²) < 4.78 is 0. The molecule has 0 aromatic heterocycles. The maximum atomic E-state index is 11.5. The Hall–Kier alpha value is -1.95. The molecule has 0 radical (unpaired) electrons. The fourth-order valence-electron chi connectivity index (χ4n) is 1.56. The van der Waals surface area contributed by atoms with E-state index in [1.54, 1.807) is 12.1 Å². The monoisotopic (exact) mass is 235 g/mol. The Morgan fingerprint density at radius 1 is 1.47 bits per heavy atom. The number of non-ortho nitro benzene ring substituents is 1. The van der Waals surface area contributed by atoms with Gasteiger partial charge in [0, 0.05) is 24.2 Å². The van der Waals surface area contributed by atoms with Gasteiger partial charge in [0.2, 0.25) is 5.91 Å². The van der Waals surface area contributed by atoms with Crippen LogP contribution in [0.2, 0.25) is 0 Å². The Labute approximate surface area is 98.0 Å². The first kappa shape index (κ1) is 11.5. The molecule has 90 valence electrons. The van der Waals surface area contributed by atoms with E-state index in [0.717, 1.165) is 12.0 Å². The third kappa shape index (κ3) is 3.01. The molecule has 1 aromatic rings. The molecule has 1 amide bonds. The van der Waals surface area contributed by atoms with Crippen LogP contribution in [0.4, 0.5) is 5.69 Å². The maximum Gasteiger partial charge on any atom is 0.269 e. The van der Waals surface area contributed by atoms with Crippen molar-refractivity contribution in [3.63, 3.8) is 0 Å². The lowest BCUT2D eigenvalue weighted by Gasteiger charge is -2.03. The van der Waals surface area contributed by atoms with E-state index in [2.05, 4.69) is 5.32 Å². The molecule has 1 saturated carbocycles. The molecule has 2 atom stereocenters. The first-order valence-electron chi connectivity index (χ1n) is 5.34. The summed E-state index contributed by atoms with van der Waals surface area (Å²) in [7, 11) is 0. The number of benzene rings is 1. The van der Waals surface area contributed by atoms with Crippen LogP contribution in [0, 0.1) is 10.1 Å². The van der Waals surface area contributed by atoms with E-state index in [-0.39, 0.29) is 30.1 Å². The molecular formula is C11H13N3O3. The summed E-state index contributed by atoms with van der Waals surface area (Å²) in [6.07, 6.45) is 1.05. The van der Waals surface area contributed by atoms with Crippen LogP contribution in [-0.4, -0.2) is 22.9 Å². The van der Waals surface area contributed by atoms with Crippen molar-refractivity contribution in [3.05, 3.63) is 39.9 Å². The van der Waals surface area contributed by atoms with Gasteiger partial charge >= 0.3 is 0 Å². The zero-order chi connectivity index (χ0) is 12.4. The largest absolute Gasteiger partial charge is 0.351 e. The first-order valence-corrected chi connectivity index (χ1v) is 5.34. The van der Waals surface area contributed by atoms with Gasteiger partial charge in [-0.1, -0.05) is 12.1 Å². The summed E-state index contributed by atoms with van der Waals surface area (Å²) >= 11 is 0. The molecule has 0 heterocycles. The molecule has 1 aliphatic carbocycles. The highest BCUT2D eigenvalue weighted by Gasteiger charge is 2.34. The minimum atomic E-state index is -0.465. The van der Waals surface area contributed by atoms with Gasteiger partial charge in [-0.3, -0.25) is 14.9 Å². The third-order valence-electron chi connectivity index (χ3n) is 2.70. The molecular weight excluding hydrogens is 222 g/mol. The smallest absolute Gasteiger partial charge is 0.269 e. The fraction of sp³-hybridized carbons (Fsp3) is 0.364. The highest BCUT2D eigenvalue weighted by molar-refractivity contribution is 5.79. The Morgan fingerprint density at radius 2 is 2.06 bits per heavy atom. The zero-order valence-corrected chi connectivity index (χ0v) is 9.13. The van der Waals surface area contributed by atoms with Crippen molar-refractivity contribution in [2.24, 2.45) is 5.73 Å². The molecule has 6 nitrogen and oxygen atoms in total. The average Bonchev–Trinajstić information content (AvgIpc) is 2.94. The quantitative estimate of drug-likeness (QED) is 0.581. The topological polar surface area (TPSA) is 98.3 Å². The number of nitrogens with zero attached hydrogens (tertiary/aromatic N) is 1. The fourth-order valence-corrected chi connectivity index (χ4v) is 1.56. The second kappa shape index (κ2) is 4.50. The van der Waals surface area contributed by atoms with Gasteiger partial charge in [-0.2, -0.15) is 0 Å². The normalized spacial score (nSPS) is 21.9. The van der Waals surface area contributed by atoms with Crippen LogP contribution in [0.1, 0.15) is 12.0 Å². The molecule has 2 rings (SSSR count). The summed E-state index contributed by atoms with van der Waals surface area (Å²) in [5, 5.41) is 13.2. The van der Waals surface area contributed by atoms with Crippen molar-refractivity contribution in [1.29, 1.82) is 0 Å². The summed E-state index contributed by atoms with van der Waals surface area (Å²) in [5.74, 6) is -0.100. The molecule has 1 aliphatic rings. The molecule has 0 aliphatic heterocycles. The molecule has 0 spiro atoms. The highest BCUT2D eigenvalue weighted by Crippen LogP contribution is 2.18. The van der Waals surface area contributed by atoms with Gasteiger partial charge in [-0.05, 0) is 12.0 Å². The van der Waals surface area contributed by atoms with Crippen molar-refractivity contribution in [2.45, 2.75) is 24.9 Å². The van der Waals surface area contributed by atoms with E-state index >= 15 is 0 Å². The minimum Gasteiger partial charge on any atom is -0.351 e. The lowest BCUT2D eigenvalue weighted by molar-refractivity contribution is -0.384. The van der Waals surface area contributed by atoms with Gasteiger partial charge in [0.25, 0.3) is 5.69 Å². The molecule has 0 saturated heterocycles.